The summed E-state index contributed by atoms with van der Waals surface area (Å²) in [6.45, 7) is 4.09. The van der Waals surface area contributed by atoms with Crippen LogP contribution in [0.4, 0.5) is 0 Å². The molecule has 6 nitrogen and oxygen atoms in total. The van der Waals surface area contributed by atoms with E-state index in [4.69, 9.17) is 5.26 Å². The minimum Gasteiger partial charge on any atom is -0.350 e. The molecule has 24 heavy (non-hydrogen) atoms. The van der Waals surface area contributed by atoms with Gasteiger partial charge in [-0.1, -0.05) is 12.1 Å². The van der Waals surface area contributed by atoms with Gasteiger partial charge < -0.3 is 4.57 Å². The summed E-state index contributed by atoms with van der Waals surface area (Å²) >= 11 is 0. The summed E-state index contributed by atoms with van der Waals surface area (Å²) in [5.74, 6) is 0. The number of benzene rings is 1. The molecule has 0 aliphatic carbocycles. The van der Waals surface area contributed by atoms with Gasteiger partial charge in [-0.3, -0.25) is 0 Å². The number of nitrogens with zero attached hydrogens (tertiary/aromatic N) is 3. The Labute approximate surface area is 143 Å². The van der Waals surface area contributed by atoms with Crippen molar-refractivity contribution in [1.82, 2.24) is 13.6 Å². The minimum absolute atomic E-state index is 0.167. The zero-order valence-electron chi connectivity index (χ0n) is 14.6. The van der Waals surface area contributed by atoms with Crippen LogP contribution >= 0.6 is 0 Å². The van der Waals surface area contributed by atoms with E-state index < -0.39 is 10.2 Å². The number of nitrogens with one attached hydrogen (secondary N) is 1. The zero-order chi connectivity index (χ0) is 17.9. The molecule has 0 saturated carbocycles. The van der Waals surface area contributed by atoms with E-state index in [1.807, 2.05) is 19.3 Å². The highest BCUT2D eigenvalue weighted by molar-refractivity contribution is 7.87. The molecule has 2 rings (SSSR count). The summed E-state index contributed by atoms with van der Waals surface area (Å²) < 4.78 is 30.4. The Morgan fingerprint density at radius 3 is 2.79 bits per heavy atom. The molecular formula is C17H24N4O2S. The highest BCUT2D eigenvalue weighted by Crippen LogP contribution is 2.22. The average Bonchev–Trinajstić information content (AvgIpc) is 2.82. The summed E-state index contributed by atoms with van der Waals surface area (Å²) in [4.78, 5) is 0. The quantitative estimate of drug-likeness (QED) is 0.832. The van der Waals surface area contributed by atoms with Crippen molar-refractivity contribution in [1.29, 1.82) is 5.26 Å². The lowest BCUT2D eigenvalue weighted by molar-refractivity contribution is 0.386. The number of aryl methyl sites for hydroxylation is 2. The molecule has 0 amide bonds. The molecule has 0 radical (unpaired) electrons. The second-order valence-electron chi connectivity index (χ2n) is 6.16. The van der Waals surface area contributed by atoms with Crippen LogP contribution in [0.25, 0.3) is 10.9 Å². The molecule has 0 bridgehead atoms. The van der Waals surface area contributed by atoms with E-state index in [1.54, 1.807) is 6.92 Å². The third-order valence-electron chi connectivity index (χ3n) is 4.29. The van der Waals surface area contributed by atoms with Gasteiger partial charge in [-0.2, -0.15) is 18.0 Å². The lowest BCUT2D eigenvalue weighted by Crippen LogP contribution is -2.43. The standard InChI is InChI=1S/C17H24N4O2S/c1-13-5-6-16-15(12-20(3)17(16)11-13)8-10-19-24(22,23)21(4)14(2)7-9-18/h5-6,11-12,14,19H,7-8,10H2,1-4H3/t14-/m1/s1. The van der Waals surface area contributed by atoms with Gasteiger partial charge in [-0.15, -0.1) is 0 Å². The van der Waals surface area contributed by atoms with Crippen molar-refractivity contribution in [3.05, 3.63) is 35.5 Å². The van der Waals surface area contributed by atoms with Gasteiger partial charge >= 0.3 is 0 Å². The Bertz CT molecular complexity index is 865. The first-order valence-electron chi connectivity index (χ1n) is 7.90. The van der Waals surface area contributed by atoms with Crippen molar-refractivity contribution >= 4 is 21.1 Å². The van der Waals surface area contributed by atoms with E-state index in [0.29, 0.717) is 13.0 Å². The molecule has 1 aromatic carbocycles. The van der Waals surface area contributed by atoms with Crippen LogP contribution in [-0.4, -0.2) is 36.9 Å². The summed E-state index contributed by atoms with van der Waals surface area (Å²) in [5.41, 5.74) is 3.46. The highest BCUT2D eigenvalue weighted by atomic mass is 32.2. The predicted molar refractivity (Wildman–Crippen MR) is 95.7 cm³/mol. The van der Waals surface area contributed by atoms with Crippen LogP contribution in [0.3, 0.4) is 0 Å². The van der Waals surface area contributed by atoms with E-state index in [-0.39, 0.29) is 12.5 Å². The molecule has 130 valence electrons. The molecule has 0 fully saturated rings. The normalized spacial score (nSPS) is 13.3. The maximum Gasteiger partial charge on any atom is 0.279 e. The number of aromatic nitrogens is 1. The molecular weight excluding hydrogens is 324 g/mol. The Kier molecular flexibility index (Phi) is 5.65. The molecule has 0 aliphatic heterocycles. The molecule has 7 heteroatoms. The molecule has 1 aromatic heterocycles. The summed E-state index contributed by atoms with van der Waals surface area (Å²) in [5, 5.41) is 9.85. The first-order chi connectivity index (χ1) is 11.3. The van der Waals surface area contributed by atoms with Crippen LogP contribution in [-0.2, 0) is 23.7 Å². The third-order valence-corrected chi connectivity index (χ3v) is 5.98. The Morgan fingerprint density at radius 2 is 2.12 bits per heavy atom. The molecule has 2 aromatic rings. The van der Waals surface area contributed by atoms with E-state index >= 15 is 0 Å². The predicted octanol–water partition coefficient (Wildman–Crippen LogP) is 2.10. The van der Waals surface area contributed by atoms with Crippen molar-refractivity contribution in [2.45, 2.75) is 32.7 Å². The van der Waals surface area contributed by atoms with E-state index in [0.717, 1.165) is 16.5 Å². The lowest BCUT2D eigenvalue weighted by atomic mass is 10.1. The van der Waals surface area contributed by atoms with Crippen molar-refractivity contribution in [2.24, 2.45) is 7.05 Å². The highest BCUT2D eigenvalue weighted by Gasteiger charge is 2.22. The fraction of sp³-hybridized carbons (Fsp3) is 0.471. The topological polar surface area (TPSA) is 78.1 Å². The van der Waals surface area contributed by atoms with Crippen molar-refractivity contribution in [3.63, 3.8) is 0 Å². The average molecular weight is 348 g/mol. The van der Waals surface area contributed by atoms with E-state index in [9.17, 15) is 8.42 Å². The summed E-state index contributed by atoms with van der Waals surface area (Å²) in [6.07, 6.45) is 2.82. The van der Waals surface area contributed by atoms with Crippen LogP contribution in [0.1, 0.15) is 24.5 Å². The maximum atomic E-state index is 12.3. The van der Waals surface area contributed by atoms with Crippen LogP contribution in [0.2, 0.25) is 0 Å². The minimum atomic E-state index is -3.58. The largest absolute Gasteiger partial charge is 0.350 e. The Hall–Kier alpha value is -1.88. The second kappa shape index (κ2) is 7.34. The molecule has 1 N–H and O–H groups in total. The second-order valence-corrected chi connectivity index (χ2v) is 7.98. The zero-order valence-corrected chi connectivity index (χ0v) is 15.4. The number of hydrogen-bond donors (Lipinski definition) is 1. The first-order valence-corrected chi connectivity index (χ1v) is 9.34. The SMILES string of the molecule is Cc1ccc2c(CCNS(=O)(=O)N(C)[C@H](C)CC#N)cn(C)c2c1. The van der Waals surface area contributed by atoms with Gasteiger partial charge in [0.05, 0.1) is 12.5 Å². The summed E-state index contributed by atoms with van der Waals surface area (Å²) in [6, 6.07) is 7.91. The van der Waals surface area contributed by atoms with Crippen LogP contribution in [0.5, 0.6) is 0 Å². The summed E-state index contributed by atoms with van der Waals surface area (Å²) in [7, 11) is -0.0957. The van der Waals surface area contributed by atoms with Crippen LogP contribution in [0.15, 0.2) is 24.4 Å². The van der Waals surface area contributed by atoms with Crippen LogP contribution in [0, 0.1) is 18.3 Å². The fourth-order valence-electron chi connectivity index (χ4n) is 2.69. The van der Waals surface area contributed by atoms with Gasteiger partial charge in [-0.05, 0) is 37.5 Å². The first kappa shape index (κ1) is 18.5. The number of nitriles is 1. The number of hydrogen-bond acceptors (Lipinski definition) is 3. The van der Waals surface area contributed by atoms with Crippen molar-refractivity contribution < 1.29 is 8.42 Å². The Balaban J connectivity index is 2.06. The smallest absolute Gasteiger partial charge is 0.279 e. The number of rotatable bonds is 7. The van der Waals surface area contributed by atoms with Crippen molar-refractivity contribution in [3.8, 4) is 6.07 Å². The van der Waals surface area contributed by atoms with E-state index in [1.165, 1.54) is 16.9 Å². The molecule has 0 spiro atoms. The van der Waals surface area contributed by atoms with E-state index in [2.05, 4.69) is 34.4 Å². The molecule has 0 unspecified atom stereocenters. The van der Waals surface area contributed by atoms with Gasteiger partial charge in [-0.25, -0.2) is 4.72 Å². The maximum absolute atomic E-state index is 12.3. The molecule has 1 heterocycles. The van der Waals surface area contributed by atoms with Gasteiger partial charge in [0.2, 0.25) is 0 Å². The molecule has 0 aliphatic rings. The monoisotopic (exact) mass is 348 g/mol. The number of fused-ring (bicyclic) bond motifs is 1. The fourth-order valence-corrected chi connectivity index (χ4v) is 3.80. The van der Waals surface area contributed by atoms with Gasteiger partial charge in [0, 0.05) is 43.8 Å². The van der Waals surface area contributed by atoms with Crippen molar-refractivity contribution in [2.75, 3.05) is 13.6 Å². The van der Waals surface area contributed by atoms with Gasteiger partial charge in [0.25, 0.3) is 10.2 Å². The lowest BCUT2D eigenvalue weighted by Gasteiger charge is -2.22. The van der Waals surface area contributed by atoms with Gasteiger partial charge in [0.1, 0.15) is 0 Å². The molecule has 1 atom stereocenters. The third kappa shape index (κ3) is 3.96. The van der Waals surface area contributed by atoms with Crippen LogP contribution < -0.4 is 4.72 Å². The van der Waals surface area contributed by atoms with Gasteiger partial charge in [0.15, 0.2) is 0 Å². The Morgan fingerprint density at radius 1 is 1.42 bits per heavy atom. The molecule has 0 saturated heterocycles.